The summed E-state index contributed by atoms with van der Waals surface area (Å²) < 4.78 is 15.4. The van der Waals surface area contributed by atoms with Gasteiger partial charge in [0.25, 0.3) is 11.5 Å². The average Bonchev–Trinajstić information content (AvgIpc) is 3.15. The number of nitrogens with zero attached hydrogens (tertiary/aromatic N) is 4. The highest BCUT2D eigenvalue weighted by atomic mass is 19.1. The fourth-order valence-electron chi connectivity index (χ4n) is 3.68. The van der Waals surface area contributed by atoms with Crippen LogP contribution in [0.25, 0.3) is 27.6 Å². The molecule has 1 amide bonds. The van der Waals surface area contributed by atoms with Crippen LogP contribution in [0.5, 0.6) is 0 Å². The minimum Gasteiger partial charge on any atom is -0.352 e. The third-order valence-electron chi connectivity index (χ3n) is 6.11. The van der Waals surface area contributed by atoms with Gasteiger partial charge < -0.3 is 10.2 Å². The molecule has 2 N–H and O–H groups in total. The molecule has 0 aliphatic rings. The molecule has 0 saturated heterocycles. The fourth-order valence-corrected chi connectivity index (χ4v) is 3.68. The van der Waals surface area contributed by atoms with Crippen molar-refractivity contribution >= 4 is 27.8 Å². The standard InChI is InChI=1S/C25H29FN6O2/c1-25(2,3)31(4)15-6-5-14-27-23(33)16-10-12-17(13-11-16)32-24(34)22-21(30-32)18-8-7-9-19(26)20(18)28-29-22/h7-13,30H,5-6,14-15H2,1-4H3,(H,27,33). The number of nitrogens with one attached hydrogen (secondary N) is 2. The number of carbonyl (C=O) groups excluding carboxylic acids is 1. The first kappa shape index (κ1) is 23.6. The smallest absolute Gasteiger partial charge is 0.299 e. The number of halogens is 1. The maximum atomic E-state index is 14.0. The molecular formula is C25H29FN6O2. The van der Waals surface area contributed by atoms with Crippen LogP contribution in [0.3, 0.4) is 0 Å². The Kier molecular flexibility index (Phi) is 6.47. The van der Waals surface area contributed by atoms with Gasteiger partial charge in [0.15, 0.2) is 11.3 Å². The maximum absolute atomic E-state index is 14.0. The maximum Gasteiger partial charge on any atom is 0.299 e. The van der Waals surface area contributed by atoms with Crippen molar-refractivity contribution < 1.29 is 9.18 Å². The van der Waals surface area contributed by atoms with Crippen LogP contribution in [0, 0.1) is 5.82 Å². The van der Waals surface area contributed by atoms with Gasteiger partial charge in [-0.3, -0.25) is 14.7 Å². The van der Waals surface area contributed by atoms with Gasteiger partial charge in [-0.1, -0.05) is 12.1 Å². The molecule has 2 heterocycles. The Morgan fingerprint density at radius 2 is 1.79 bits per heavy atom. The zero-order valence-corrected chi connectivity index (χ0v) is 19.9. The number of amides is 1. The lowest BCUT2D eigenvalue weighted by Crippen LogP contribution is -2.38. The van der Waals surface area contributed by atoms with Crippen molar-refractivity contribution in [2.75, 3.05) is 20.1 Å². The second-order valence-electron chi connectivity index (χ2n) is 9.41. The quantitative estimate of drug-likeness (QED) is 0.407. The minimum atomic E-state index is -0.503. The van der Waals surface area contributed by atoms with Gasteiger partial charge in [0, 0.05) is 23.0 Å². The van der Waals surface area contributed by atoms with Crippen molar-refractivity contribution in [2.24, 2.45) is 0 Å². The van der Waals surface area contributed by atoms with E-state index in [0.29, 0.717) is 28.7 Å². The molecule has 4 rings (SSSR count). The summed E-state index contributed by atoms with van der Waals surface area (Å²) in [6.07, 6.45) is 1.89. The Morgan fingerprint density at radius 3 is 2.50 bits per heavy atom. The van der Waals surface area contributed by atoms with E-state index in [1.165, 1.54) is 10.7 Å². The third kappa shape index (κ3) is 4.70. The number of unbranched alkanes of at least 4 members (excludes halogenated alkanes) is 1. The van der Waals surface area contributed by atoms with Gasteiger partial charge in [0.2, 0.25) is 0 Å². The molecule has 2 aromatic carbocycles. The van der Waals surface area contributed by atoms with Gasteiger partial charge in [0.1, 0.15) is 5.52 Å². The third-order valence-corrected chi connectivity index (χ3v) is 6.11. The lowest BCUT2D eigenvalue weighted by molar-refractivity contribution is 0.0951. The summed E-state index contributed by atoms with van der Waals surface area (Å²) in [5.41, 5.74) is 1.41. The molecule has 0 saturated carbocycles. The van der Waals surface area contributed by atoms with Crippen LogP contribution in [-0.2, 0) is 0 Å². The van der Waals surface area contributed by atoms with Gasteiger partial charge in [0.05, 0.1) is 11.2 Å². The molecule has 2 aromatic heterocycles. The highest BCUT2D eigenvalue weighted by Crippen LogP contribution is 2.21. The van der Waals surface area contributed by atoms with Gasteiger partial charge in [-0.05, 0) is 77.5 Å². The molecule has 0 fully saturated rings. The van der Waals surface area contributed by atoms with E-state index in [-0.39, 0.29) is 22.5 Å². The molecule has 0 spiro atoms. The first-order valence-electron chi connectivity index (χ1n) is 11.3. The summed E-state index contributed by atoms with van der Waals surface area (Å²) in [5, 5.41) is 14.2. The second kappa shape index (κ2) is 9.34. The van der Waals surface area contributed by atoms with Crippen LogP contribution >= 0.6 is 0 Å². The number of H-pyrrole nitrogens is 1. The fraction of sp³-hybridized carbons (Fsp3) is 0.360. The Hall–Kier alpha value is -3.59. The SMILES string of the molecule is CN(CCCCNC(=O)c1ccc(-n2[nH]c3c(nnc4c(F)cccc43)c2=O)cc1)C(C)(C)C. The Balaban J connectivity index is 1.44. The first-order chi connectivity index (χ1) is 16.2. The van der Waals surface area contributed by atoms with Crippen molar-refractivity contribution in [1.82, 2.24) is 30.2 Å². The molecule has 0 aliphatic heterocycles. The predicted molar refractivity (Wildman–Crippen MR) is 131 cm³/mol. The predicted octanol–water partition coefficient (Wildman–Crippen LogP) is 3.64. The monoisotopic (exact) mass is 464 g/mol. The van der Waals surface area contributed by atoms with E-state index in [9.17, 15) is 14.0 Å². The van der Waals surface area contributed by atoms with Gasteiger partial charge in [-0.15, -0.1) is 10.2 Å². The summed E-state index contributed by atoms with van der Waals surface area (Å²) >= 11 is 0. The van der Waals surface area contributed by atoms with Crippen LogP contribution < -0.4 is 10.9 Å². The normalized spacial score (nSPS) is 12.1. The average molecular weight is 465 g/mol. The van der Waals surface area contributed by atoms with E-state index >= 15 is 0 Å². The highest BCUT2D eigenvalue weighted by Gasteiger charge is 2.17. The Labute approximate surface area is 196 Å². The van der Waals surface area contributed by atoms with Crippen molar-refractivity contribution in [2.45, 2.75) is 39.2 Å². The van der Waals surface area contributed by atoms with Crippen LogP contribution in [0.4, 0.5) is 4.39 Å². The van der Waals surface area contributed by atoms with Crippen LogP contribution in [0.1, 0.15) is 44.0 Å². The van der Waals surface area contributed by atoms with Crippen molar-refractivity contribution in [3.05, 3.63) is 64.2 Å². The number of rotatable bonds is 7. The number of hydrogen-bond donors (Lipinski definition) is 2. The molecule has 0 atom stereocenters. The highest BCUT2D eigenvalue weighted by molar-refractivity contribution is 6.01. The van der Waals surface area contributed by atoms with Crippen molar-refractivity contribution in [3.63, 3.8) is 0 Å². The van der Waals surface area contributed by atoms with Crippen LogP contribution in [0.2, 0.25) is 0 Å². The molecule has 0 bridgehead atoms. The first-order valence-corrected chi connectivity index (χ1v) is 11.3. The molecule has 8 nitrogen and oxygen atoms in total. The molecule has 0 unspecified atom stereocenters. The van der Waals surface area contributed by atoms with Crippen LogP contribution in [-0.4, -0.2) is 56.5 Å². The second-order valence-corrected chi connectivity index (χ2v) is 9.41. The summed E-state index contributed by atoms with van der Waals surface area (Å²) in [6.45, 7) is 8.11. The number of aromatic nitrogens is 4. The number of carbonyl (C=O) groups is 1. The van der Waals surface area contributed by atoms with Crippen LogP contribution in [0.15, 0.2) is 47.3 Å². The largest absolute Gasteiger partial charge is 0.352 e. The van der Waals surface area contributed by atoms with E-state index in [1.54, 1.807) is 36.4 Å². The van der Waals surface area contributed by atoms with E-state index in [1.807, 2.05) is 0 Å². The zero-order chi connectivity index (χ0) is 24.5. The number of benzene rings is 2. The minimum absolute atomic E-state index is 0.0977. The topological polar surface area (TPSA) is 95.9 Å². The molecule has 9 heteroatoms. The molecule has 0 aliphatic carbocycles. The number of aromatic amines is 1. The van der Waals surface area contributed by atoms with Crippen molar-refractivity contribution in [3.8, 4) is 5.69 Å². The number of hydrogen-bond acceptors (Lipinski definition) is 5. The lowest BCUT2D eigenvalue weighted by atomic mass is 10.1. The van der Waals surface area contributed by atoms with E-state index in [0.717, 1.165) is 19.4 Å². The molecule has 178 valence electrons. The van der Waals surface area contributed by atoms with Gasteiger partial charge in [-0.25, -0.2) is 9.07 Å². The molecule has 4 aromatic rings. The van der Waals surface area contributed by atoms with E-state index in [4.69, 9.17) is 0 Å². The summed E-state index contributed by atoms with van der Waals surface area (Å²) in [5.74, 6) is -0.663. The Morgan fingerprint density at radius 1 is 1.09 bits per heavy atom. The van der Waals surface area contributed by atoms with E-state index in [2.05, 4.69) is 53.3 Å². The summed E-state index contributed by atoms with van der Waals surface area (Å²) in [7, 11) is 2.10. The molecular weight excluding hydrogens is 435 g/mol. The van der Waals surface area contributed by atoms with Gasteiger partial charge >= 0.3 is 0 Å². The zero-order valence-electron chi connectivity index (χ0n) is 19.9. The lowest BCUT2D eigenvalue weighted by Gasteiger charge is -2.31. The summed E-state index contributed by atoms with van der Waals surface area (Å²) in [4.78, 5) is 27.6. The molecule has 34 heavy (non-hydrogen) atoms. The molecule has 0 radical (unpaired) electrons. The van der Waals surface area contributed by atoms with E-state index < -0.39 is 11.4 Å². The van der Waals surface area contributed by atoms with Crippen molar-refractivity contribution in [1.29, 1.82) is 0 Å². The Bertz CT molecular complexity index is 1390. The number of fused-ring (bicyclic) bond motifs is 3. The van der Waals surface area contributed by atoms with Gasteiger partial charge in [-0.2, -0.15) is 0 Å². The summed E-state index contributed by atoms with van der Waals surface area (Å²) in [6, 6.07) is 11.2.